The van der Waals surface area contributed by atoms with E-state index in [1.807, 2.05) is 11.3 Å². The van der Waals surface area contributed by atoms with Crippen molar-refractivity contribution in [2.24, 2.45) is 0 Å². The van der Waals surface area contributed by atoms with Crippen LogP contribution in [0.15, 0.2) is 24.4 Å². The number of amides is 1. The Morgan fingerprint density at radius 3 is 2.86 bits per heavy atom. The normalized spacial score (nSPS) is 12.0. The van der Waals surface area contributed by atoms with Crippen LogP contribution in [0.3, 0.4) is 0 Å². The highest BCUT2D eigenvalue weighted by Gasteiger charge is 2.15. The number of carbonyl (C=O) groups is 1. The number of nitrogens with zero attached hydrogens (tertiary/aromatic N) is 1. The molecule has 1 unspecified atom stereocenters. The molecule has 4 nitrogen and oxygen atoms in total. The lowest BCUT2D eigenvalue weighted by Crippen LogP contribution is -2.20. The van der Waals surface area contributed by atoms with Crippen molar-refractivity contribution in [1.29, 1.82) is 0 Å². The highest BCUT2D eigenvalue weighted by atomic mass is 32.1. The highest BCUT2D eigenvalue weighted by Crippen LogP contribution is 2.29. The first-order valence-electron chi connectivity index (χ1n) is 7.09. The predicted molar refractivity (Wildman–Crippen MR) is 88.1 cm³/mol. The van der Waals surface area contributed by atoms with E-state index >= 15 is 0 Å². The van der Waals surface area contributed by atoms with Crippen molar-refractivity contribution < 1.29 is 4.79 Å². The van der Waals surface area contributed by atoms with E-state index < -0.39 is 0 Å². The van der Waals surface area contributed by atoms with Crippen molar-refractivity contribution in [2.45, 2.75) is 33.2 Å². The molecular weight excluding hydrogens is 282 g/mol. The Hall–Kier alpha value is -1.88. The Morgan fingerprint density at radius 1 is 1.48 bits per heavy atom. The molecule has 0 aromatic carbocycles. The molecule has 0 fully saturated rings. The molecule has 0 spiro atoms. The molecule has 0 radical (unpaired) electrons. The zero-order chi connectivity index (χ0) is 15.4. The Morgan fingerprint density at radius 2 is 2.24 bits per heavy atom. The van der Waals surface area contributed by atoms with Crippen LogP contribution in [0.4, 0.5) is 5.82 Å². The lowest BCUT2D eigenvalue weighted by Gasteiger charge is -2.15. The molecule has 0 saturated heterocycles. The molecule has 5 heteroatoms. The van der Waals surface area contributed by atoms with Gasteiger partial charge >= 0.3 is 0 Å². The van der Waals surface area contributed by atoms with Crippen molar-refractivity contribution in [3.05, 3.63) is 45.3 Å². The van der Waals surface area contributed by atoms with Crippen LogP contribution >= 0.6 is 11.3 Å². The zero-order valence-electron chi connectivity index (χ0n) is 12.9. The third kappa shape index (κ3) is 3.42. The monoisotopic (exact) mass is 303 g/mol. The fourth-order valence-corrected chi connectivity index (χ4v) is 3.35. The minimum Gasteiger partial charge on any atom is -0.362 e. The maximum Gasteiger partial charge on any atom is 0.254 e. The van der Waals surface area contributed by atoms with Gasteiger partial charge in [0.2, 0.25) is 0 Å². The van der Waals surface area contributed by atoms with Gasteiger partial charge in [-0.3, -0.25) is 4.79 Å². The SMILES string of the molecule is CCc1sc(C(C)Nc2ncccc2C(=O)NC)cc1C. The Kier molecular flexibility index (Phi) is 4.96. The molecule has 2 rings (SSSR count). The topological polar surface area (TPSA) is 54.0 Å². The van der Waals surface area contributed by atoms with E-state index in [0.29, 0.717) is 11.4 Å². The lowest BCUT2D eigenvalue weighted by atomic mass is 10.2. The second-order valence-corrected chi connectivity index (χ2v) is 6.12. The first-order chi connectivity index (χ1) is 10.1. The van der Waals surface area contributed by atoms with Crippen LogP contribution in [0.5, 0.6) is 0 Å². The van der Waals surface area contributed by atoms with Crippen LogP contribution in [0, 0.1) is 6.92 Å². The second kappa shape index (κ2) is 6.72. The summed E-state index contributed by atoms with van der Waals surface area (Å²) in [5, 5.41) is 5.99. The van der Waals surface area contributed by atoms with Gasteiger partial charge in [-0.1, -0.05) is 6.92 Å². The van der Waals surface area contributed by atoms with Crippen LogP contribution in [0.25, 0.3) is 0 Å². The smallest absolute Gasteiger partial charge is 0.254 e. The fraction of sp³-hybridized carbons (Fsp3) is 0.375. The van der Waals surface area contributed by atoms with Crippen LogP contribution in [-0.4, -0.2) is 17.9 Å². The first kappa shape index (κ1) is 15.5. The molecule has 0 bridgehead atoms. The van der Waals surface area contributed by atoms with Crippen LogP contribution in [0.2, 0.25) is 0 Å². The fourth-order valence-electron chi connectivity index (χ4n) is 2.22. The number of thiophene rings is 1. The summed E-state index contributed by atoms with van der Waals surface area (Å²) in [5.74, 6) is 0.489. The molecule has 0 aliphatic carbocycles. The van der Waals surface area contributed by atoms with Gasteiger partial charge in [-0.2, -0.15) is 0 Å². The van der Waals surface area contributed by atoms with Gasteiger partial charge < -0.3 is 10.6 Å². The molecule has 2 heterocycles. The van der Waals surface area contributed by atoms with Gasteiger partial charge in [0.1, 0.15) is 5.82 Å². The van der Waals surface area contributed by atoms with Gasteiger partial charge in [0, 0.05) is 23.0 Å². The van der Waals surface area contributed by atoms with E-state index in [1.54, 1.807) is 25.4 Å². The molecule has 0 saturated carbocycles. The molecule has 2 aromatic heterocycles. The van der Waals surface area contributed by atoms with Crippen molar-refractivity contribution in [2.75, 3.05) is 12.4 Å². The number of pyridine rings is 1. The van der Waals surface area contributed by atoms with Crippen LogP contribution in [0.1, 0.15) is 45.6 Å². The third-order valence-electron chi connectivity index (χ3n) is 3.42. The lowest BCUT2D eigenvalue weighted by molar-refractivity contribution is 0.0963. The molecule has 1 amide bonds. The molecule has 1 atom stereocenters. The molecule has 112 valence electrons. The maximum atomic E-state index is 11.9. The molecular formula is C16H21N3OS. The molecule has 2 aromatic rings. The highest BCUT2D eigenvalue weighted by molar-refractivity contribution is 7.12. The summed E-state index contributed by atoms with van der Waals surface area (Å²) < 4.78 is 0. The van der Waals surface area contributed by atoms with Gasteiger partial charge in [0.25, 0.3) is 5.91 Å². The van der Waals surface area contributed by atoms with Crippen molar-refractivity contribution in [3.8, 4) is 0 Å². The van der Waals surface area contributed by atoms with Crippen LogP contribution < -0.4 is 10.6 Å². The van der Waals surface area contributed by atoms with E-state index in [-0.39, 0.29) is 11.9 Å². The zero-order valence-corrected chi connectivity index (χ0v) is 13.7. The van der Waals surface area contributed by atoms with Gasteiger partial charge in [-0.25, -0.2) is 4.98 Å². The summed E-state index contributed by atoms with van der Waals surface area (Å²) in [5.41, 5.74) is 1.90. The number of anilines is 1. The molecule has 0 aliphatic heterocycles. The van der Waals surface area contributed by atoms with Gasteiger partial charge in [-0.15, -0.1) is 11.3 Å². The first-order valence-corrected chi connectivity index (χ1v) is 7.91. The van der Waals surface area contributed by atoms with E-state index in [9.17, 15) is 4.79 Å². The van der Waals surface area contributed by atoms with E-state index in [0.717, 1.165) is 6.42 Å². The van der Waals surface area contributed by atoms with E-state index in [1.165, 1.54) is 15.3 Å². The van der Waals surface area contributed by atoms with Crippen LogP contribution in [-0.2, 0) is 6.42 Å². The van der Waals surface area contributed by atoms with Crippen molar-refractivity contribution >= 4 is 23.1 Å². The van der Waals surface area contributed by atoms with Gasteiger partial charge in [-0.05, 0) is 44.0 Å². The third-order valence-corrected chi connectivity index (χ3v) is 4.98. The van der Waals surface area contributed by atoms with Gasteiger partial charge in [0.15, 0.2) is 0 Å². The minimum absolute atomic E-state index is 0.118. The number of hydrogen-bond acceptors (Lipinski definition) is 4. The number of carbonyl (C=O) groups excluding carboxylic acids is 1. The number of rotatable bonds is 5. The number of nitrogens with one attached hydrogen (secondary N) is 2. The summed E-state index contributed by atoms with van der Waals surface area (Å²) in [7, 11) is 1.62. The van der Waals surface area contributed by atoms with Crippen molar-refractivity contribution in [1.82, 2.24) is 10.3 Å². The minimum atomic E-state index is -0.130. The van der Waals surface area contributed by atoms with Crippen molar-refractivity contribution in [3.63, 3.8) is 0 Å². The van der Waals surface area contributed by atoms with E-state index in [2.05, 4.69) is 42.5 Å². The quantitative estimate of drug-likeness (QED) is 0.888. The Bertz CT molecular complexity index is 636. The molecule has 21 heavy (non-hydrogen) atoms. The van der Waals surface area contributed by atoms with E-state index in [4.69, 9.17) is 0 Å². The summed E-state index contributed by atoms with van der Waals surface area (Å²) in [6.07, 6.45) is 2.74. The Balaban J connectivity index is 2.23. The summed E-state index contributed by atoms with van der Waals surface area (Å²) in [6.45, 7) is 6.40. The molecule has 2 N–H and O–H groups in total. The largest absolute Gasteiger partial charge is 0.362 e. The standard InChI is InChI=1S/C16H21N3OS/c1-5-13-10(2)9-14(21-13)11(3)19-15-12(16(20)17-4)7-6-8-18-15/h6-9,11H,5H2,1-4H3,(H,17,20)(H,18,19). The predicted octanol–water partition coefficient (Wildman–Crippen LogP) is 3.55. The maximum absolute atomic E-state index is 11.9. The average Bonchev–Trinajstić information content (AvgIpc) is 2.88. The average molecular weight is 303 g/mol. The summed E-state index contributed by atoms with van der Waals surface area (Å²) >= 11 is 1.82. The summed E-state index contributed by atoms with van der Waals surface area (Å²) in [4.78, 5) is 18.8. The Labute approximate surface area is 129 Å². The number of aromatic nitrogens is 1. The number of aryl methyl sites for hydroxylation is 2. The number of hydrogen-bond donors (Lipinski definition) is 2. The molecule has 0 aliphatic rings. The van der Waals surface area contributed by atoms with Gasteiger partial charge in [0.05, 0.1) is 11.6 Å². The second-order valence-electron chi connectivity index (χ2n) is 4.95. The summed E-state index contributed by atoms with van der Waals surface area (Å²) in [6, 6.07) is 5.87.